The highest BCUT2D eigenvalue weighted by molar-refractivity contribution is 9.10. The zero-order valence-electron chi connectivity index (χ0n) is 10.8. The van der Waals surface area contributed by atoms with Crippen molar-refractivity contribution in [1.29, 1.82) is 0 Å². The van der Waals surface area contributed by atoms with Gasteiger partial charge in [-0.3, -0.25) is 4.79 Å². The molecule has 0 saturated heterocycles. The Balaban J connectivity index is 2.90. The number of carbonyl (C=O) groups is 1. The summed E-state index contributed by atoms with van der Waals surface area (Å²) in [7, 11) is 0. The van der Waals surface area contributed by atoms with Crippen molar-refractivity contribution in [3.8, 4) is 0 Å². The van der Waals surface area contributed by atoms with E-state index in [2.05, 4.69) is 48.8 Å². The average molecular weight is 299 g/mol. The summed E-state index contributed by atoms with van der Waals surface area (Å²) >= 11 is 3.53. The van der Waals surface area contributed by atoms with Crippen molar-refractivity contribution >= 4 is 21.9 Å². The van der Waals surface area contributed by atoms with E-state index in [1.807, 2.05) is 6.07 Å². The molecule has 1 aromatic carbocycles. The van der Waals surface area contributed by atoms with Gasteiger partial charge in [-0.05, 0) is 23.5 Å². The summed E-state index contributed by atoms with van der Waals surface area (Å²) in [6, 6.07) is 6.23. The van der Waals surface area contributed by atoms with Crippen LogP contribution in [0.5, 0.6) is 0 Å². The van der Waals surface area contributed by atoms with E-state index in [-0.39, 0.29) is 11.4 Å². The van der Waals surface area contributed by atoms with Crippen molar-refractivity contribution in [1.82, 2.24) is 0 Å². The zero-order valence-corrected chi connectivity index (χ0v) is 12.4. The van der Waals surface area contributed by atoms with Crippen molar-refractivity contribution in [3.63, 3.8) is 0 Å². The monoisotopic (exact) mass is 298 g/mol. The summed E-state index contributed by atoms with van der Waals surface area (Å²) in [4.78, 5) is 10.8. The van der Waals surface area contributed by atoms with Gasteiger partial charge in [-0.15, -0.1) is 0 Å². The molecule has 0 N–H and O–H groups in total. The summed E-state index contributed by atoms with van der Waals surface area (Å²) in [6.45, 7) is 8.37. The van der Waals surface area contributed by atoms with Crippen LogP contribution in [0.25, 0.3) is 0 Å². The van der Waals surface area contributed by atoms with E-state index in [1.165, 1.54) is 12.5 Å². The summed E-state index contributed by atoms with van der Waals surface area (Å²) < 4.78 is 5.99. The first-order valence-corrected chi connectivity index (χ1v) is 6.58. The van der Waals surface area contributed by atoms with Crippen molar-refractivity contribution in [2.45, 2.75) is 46.1 Å². The lowest BCUT2D eigenvalue weighted by atomic mass is 9.82. The van der Waals surface area contributed by atoms with Gasteiger partial charge in [-0.2, -0.15) is 0 Å². The molecular weight excluding hydrogens is 280 g/mol. The predicted molar refractivity (Wildman–Crippen MR) is 72.9 cm³/mol. The van der Waals surface area contributed by atoms with E-state index in [0.29, 0.717) is 6.61 Å². The lowest BCUT2D eigenvalue weighted by Gasteiger charge is -2.24. The number of rotatable bonds is 4. The van der Waals surface area contributed by atoms with Crippen molar-refractivity contribution in [2.24, 2.45) is 0 Å². The Bertz CT molecular complexity index is 411. The molecule has 0 atom stereocenters. The number of hydrogen-bond donors (Lipinski definition) is 0. The van der Waals surface area contributed by atoms with Crippen LogP contribution in [0.15, 0.2) is 22.7 Å². The van der Waals surface area contributed by atoms with Crippen LogP contribution in [0.4, 0.5) is 0 Å². The van der Waals surface area contributed by atoms with Crippen LogP contribution in [0.2, 0.25) is 0 Å². The molecule has 1 rings (SSSR count). The van der Waals surface area contributed by atoms with Crippen LogP contribution in [0.3, 0.4) is 0 Å². The summed E-state index contributed by atoms with van der Waals surface area (Å²) in [5.74, 6) is -0.255. The first kappa shape index (κ1) is 14.2. The molecule has 0 unspecified atom stereocenters. The average Bonchev–Trinajstić information content (AvgIpc) is 2.27. The van der Waals surface area contributed by atoms with Crippen LogP contribution >= 0.6 is 15.9 Å². The highest BCUT2D eigenvalue weighted by atomic mass is 79.9. The van der Waals surface area contributed by atoms with Gasteiger partial charge in [-0.25, -0.2) is 0 Å². The number of ether oxygens (including phenoxy) is 1. The molecule has 0 aliphatic carbocycles. The minimum atomic E-state index is -0.255. The largest absolute Gasteiger partial charge is 0.461 e. The van der Waals surface area contributed by atoms with Gasteiger partial charge in [0.15, 0.2) is 0 Å². The fourth-order valence-corrected chi connectivity index (χ4v) is 1.96. The molecule has 3 heteroatoms. The Kier molecular flexibility index (Phi) is 4.75. The highest BCUT2D eigenvalue weighted by Gasteiger charge is 2.18. The lowest BCUT2D eigenvalue weighted by molar-refractivity contribution is -0.142. The Labute approximate surface area is 111 Å². The van der Waals surface area contributed by atoms with Gasteiger partial charge in [0.05, 0.1) is 0 Å². The van der Waals surface area contributed by atoms with Gasteiger partial charge in [0.25, 0.3) is 0 Å². The quantitative estimate of drug-likeness (QED) is 0.779. The molecule has 1 aromatic rings. The topological polar surface area (TPSA) is 26.3 Å². The SMILES string of the molecule is CCC(C)(C)c1ccc(COC(C)=O)c(Br)c1. The molecule has 2 nitrogen and oxygen atoms in total. The van der Waals surface area contributed by atoms with Crippen LogP contribution < -0.4 is 0 Å². The molecular formula is C14H19BrO2. The Morgan fingerprint density at radius 3 is 2.53 bits per heavy atom. The Morgan fingerprint density at radius 1 is 1.41 bits per heavy atom. The molecule has 94 valence electrons. The third kappa shape index (κ3) is 3.84. The van der Waals surface area contributed by atoms with E-state index in [0.717, 1.165) is 16.5 Å². The standard InChI is InChI=1S/C14H19BrO2/c1-5-14(3,4)12-7-6-11(13(15)8-12)9-17-10(2)16/h6-8H,5,9H2,1-4H3. The number of halogens is 1. The van der Waals surface area contributed by atoms with Gasteiger partial charge in [0, 0.05) is 17.0 Å². The third-order valence-electron chi connectivity index (χ3n) is 3.15. The molecule has 0 spiro atoms. The Morgan fingerprint density at radius 2 is 2.06 bits per heavy atom. The first-order valence-electron chi connectivity index (χ1n) is 5.79. The van der Waals surface area contributed by atoms with Gasteiger partial charge in [0.2, 0.25) is 0 Å². The molecule has 0 aliphatic rings. The maximum absolute atomic E-state index is 10.8. The van der Waals surface area contributed by atoms with Crippen molar-refractivity contribution in [2.75, 3.05) is 0 Å². The molecule has 0 amide bonds. The maximum Gasteiger partial charge on any atom is 0.302 e. The van der Waals surface area contributed by atoms with E-state index >= 15 is 0 Å². The predicted octanol–water partition coefficient (Wildman–Crippen LogP) is 4.20. The van der Waals surface area contributed by atoms with Crippen LogP contribution in [-0.2, 0) is 21.6 Å². The molecule has 0 fully saturated rings. The first-order chi connectivity index (χ1) is 7.86. The van der Waals surface area contributed by atoms with Gasteiger partial charge in [0.1, 0.15) is 6.61 Å². The smallest absolute Gasteiger partial charge is 0.302 e. The summed E-state index contributed by atoms with van der Waals surface area (Å²) in [5, 5.41) is 0. The minimum absolute atomic E-state index is 0.169. The van der Waals surface area contributed by atoms with Gasteiger partial charge < -0.3 is 4.74 Å². The second-order valence-corrected chi connectivity index (χ2v) is 5.68. The summed E-state index contributed by atoms with van der Waals surface area (Å²) in [6.07, 6.45) is 1.09. The van der Waals surface area contributed by atoms with Gasteiger partial charge >= 0.3 is 5.97 Å². The number of carbonyl (C=O) groups excluding carboxylic acids is 1. The van der Waals surface area contributed by atoms with E-state index < -0.39 is 0 Å². The fourth-order valence-electron chi connectivity index (χ4n) is 1.47. The zero-order chi connectivity index (χ0) is 13.1. The van der Waals surface area contributed by atoms with Gasteiger partial charge in [-0.1, -0.05) is 48.8 Å². The summed E-state index contributed by atoms with van der Waals surface area (Å²) in [5.41, 5.74) is 2.46. The second kappa shape index (κ2) is 5.67. The number of hydrogen-bond acceptors (Lipinski definition) is 2. The minimum Gasteiger partial charge on any atom is -0.461 e. The molecule has 0 saturated carbocycles. The second-order valence-electron chi connectivity index (χ2n) is 4.82. The van der Waals surface area contributed by atoms with Crippen molar-refractivity contribution in [3.05, 3.63) is 33.8 Å². The normalized spacial score (nSPS) is 11.4. The molecule has 17 heavy (non-hydrogen) atoms. The molecule has 0 radical (unpaired) electrons. The molecule has 0 aliphatic heterocycles. The Hall–Kier alpha value is -0.830. The van der Waals surface area contributed by atoms with Crippen LogP contribution in [-0.4, -0.2) is 5.97 Å². The molecule has 0 aromatic heterocycles. The van der Waals surface area contributed by atoms with E-state index in [4.69, 9.17) is 4.74 Å². The van der Waals surface area contributed by atoms with Crippen molar-refractivity contribution < 1.29 is 9.53 Å². The molecule has 0 bridgehead atoms. The molecule has 0 heterocycles. The van der Waals surface area contributed by atoms with E-state index in [9.17, 15) is 4.79 Å². The highest BCUT2D eigenvalue weighted by Crippen LogP contribution is 2.30. The number of esters is 1. The fraction of sp³-hybridized carbons (Fsp3) is 0.500. The lowest BCUT2D eigenvalue weighted by Crippen LogP contribution is -2.15. The number of benzene rings is 1. The van der Waals surface area contributed by atoms with Crippen LogP contribution in [0, 0.1) is 0 Å². The van der Waals surface area contributed by atoms with Crippen LogP contribution in [0.1, 0.15) is 45.2 Å². The third-order valence-corrected chi connectivity index (χ3v) is 3.89. The maximum atomic E-state index is 10.8. The van der Waals surface area contributed by atoms with E-state index in [1.54, 1.807) is 0 Å².